The van der Waals surface area contributed by atoms with Gasteiger partial charge in [-0.25, -0.2) is 9.18 Å². The highest BCUT2D eigenvalue weighted by atomic mass is 19.1. The predicted molar refractivity (Wildman–Crippen MR) is 83.2 cm³/mol. The fourth-order valence-electron chi connectivity index (χ4n) is 2.57. The van der Waals surface area contributed by atoms with Gasteiger partial charge in [0.05, 0.1) is 18.2 Å². The first kappa shape index (κ1) is 17.2. The van der Waals surface area contributed by atoms with E-state index < -0.39 is 5.82 Å². The Morgan fingerprint density at radius 3 is 3.13 bits per heavy atom. The summed E-state index contributed by atoms with van der Waals surface area (Å²) in [7, 11) is 1.67. The Morgan fingerprint density at radius 1 is 1.57 bits per heavy atom. The Morgan fingerprint density at radius 2 is 2.39 bits per heavy atom. The van der Waals surface area contributed by atoms with Crippen LogP contribution in [0, 0.1) is 17.1 Å². The van der Waals surface area contributed by atoms with E-state index in [9.17, 15) is 9.18 Å². The lowest BCUT2D eigenvalue weighted by Crippen LogP contribution is -2.43. The normalized spacial score (nSPS) is 17.7. The zero-order valence-electron chi connectivity index (χ0n) is 13.1. The molecule has 1 fully saturated rings. The van der Waals surface area contributed by atoms with Crippen molar-refractivity contribution in [1.82, 2.24) is 15.5 Å². The lowest BCUT2D eigenvalue weighted by atomic mass is 10.1. The van der Waals surface area contributed by atoms with E-state index in [-0.39, 0.29) is 18.6 Å². The SMILES string of the molecule is COCCN1CCC(NC(=O)NCc2cc(C#N)ccc2F)C1. The molecule has 1 atom stereocenters. The van der Waals surface area contributed by atoms with Crippen LogP contribution in [0.5, 0.6) is 0 Å². The second kappa shape index (κ2) is 8.46. The van der Waals surface area contributed by atoms with Gasteiger partial charge in [-0.15, -0.1) is 0 Å². The van der Waals surface area contributed by atoms with Crippen LogP contribution in [0.25, 0.3) is 0 Å². The van der Waals surface area contributed by atoms with Crippen LogP contribution in [0.4, 0.5) is 9.18 Å². The minimum atomic E-state index is -0.434. The van der Waals surface area contributed by atoms with E-state index in [1.807, 2.05) is 6.07 Å². The third kappa shape index (κ3) is 5.20. The number of ether oxygens (including phenoxy) is 1. The number of nitrogens with one attached hydrogen (secondary N) is 2. The van der Waals surface area contributed by atoms with E-state index in [0.29, 0.717) is 17.7 Å². The highest BCUT2D eigenvalue weighted by Gasteiger charge is 2.23. The highest BCUT2D eigenvalue weighted by molar-refractivity contribution is 5.74. The van der Waals surface area contributed by atoms with Gasteiger partial charge in [-0.05, 0) is 24.6 Å². The number of benzene rings is 1. The number of hydrogen-bond donors (Lipinski definition) is 2. The molecule has 0 bridgehead atoms. The van der Waals surface area contributed by atoms with Crippen molar-refractivity contribution in [3.63, 3.8) is 0 Å². The molecule has 6 nitrogen and oxygen atoms in total. The van der Waals surface area contributed by atoms with E-state index >= 15 is 0 Å². The van der Waals surface area contributed by atoms with Gasteiger partial charge in [-0.3, -0.25) is 4.90 Å². The average Bonchev–Trinajstić information content (AvgIpc) is 2.99. The Bertz CT molecular complexity index is 588. The van der Waals surface area contributed by atoms with Crippen molar-refractivity contribution in [2.75, 3.05) is 33.4 Å². The number of carbonyl (C=O) groups excluding carboxylic acids is 1. The molecular weight excluding hydrogens is 299 g/mol. The van der Waals surface area contributed by atoms with Gasteiger partial charge in [0.2, 0.25) is 0 Å². The maximum atomic E-state index is 13.6. The van der Waals surface area contributed by atoms with Crippen molar-refractivity contribution < 1.29 is 13.9 Å². The molecule has 2 N–H and O–H groups in total. The molecule has 124 valence electrons. The van der Waals surface area contributed by atoms with E-state index in [0.717, 1.165) is 26.1 Å². The summed E-state index contributed by atoms with van der Waals surface area (Å²) < 4.78 is 18.7. The summed E-state index contributed by atoms with van der Waals surface area (Å²) in [5.74, 6) is -0.434. The van der Waals surface area contributed by atoms with Gasteiger partial charge < -0.3 is 15.4 Å². The molecule has 1 aliphatic rings. The van der Waals surface area contributed by atoms with Crippen LogP contribution < -0.4 is 10.6 Å². The molecule has 1 unspecified atom stereocenters. The largest absolute Gasteiger partial charge is 0.383 e. The maximum Gasteiger partial charge on any atom is 0.315 e. The van der Waals surface area contributed by atoms with Crippen LogP contribution in [0.15, 0.2) is 18.2 Å². The van der Waals surface area contributed by atoms with Crippen molar-refractivity contribution in [2.45, 2.75) is 19.0 Å². The number of amides is 2. The van der Waals surface area contributed by atoms with Gasteiger partial charge in [0.25, 0.3) is 0 Å². The van der Waals surface area contributed by atoms with Gasteiger partial charge in [-0.1, -0.05) is 0 Å². The second-order valence-electron chi connectivity index (χ2n) is 5.52. The number of nitriles is 1. The number of likely N-dealkylation sites (tertiary alicyclic amines) is 1. The van der Waals surface area contributed by atoms with Crippen molar-refractivity contribution >= 4 is 6.03 Å². The third-order valence-electron chi connectivity index (χ3n) is 3.83. The average molecular weight is 320 g/mol. The molecule has 23 heavy (non-hydrogen) atoms. The zero-order chi connectivity index (χ0) is 16.7. The molecule has 0 aromatic heterocycles. The van der Waals surface area contributed by atoms with Crippen molar-refractivity contribution in [3.8, 4) is 6.07 Å². The molecule has 1 aromatic carbocycles. The minimum Gasteiger partial charge on any atom is -0.383 e. The Hall–Kier alpha value is -2.17. The minimum absolute atomic E-state index is 0.0489. The number of nitrogens with zero attached hydrogens (tertiary/aromatic N) is 2. The third-order valence-corrected chi connectivity index (χ3v) is 3.83. The van der Waals surface area contributed by atoms with E-state index in [1.54, 1.807) is 7.11 Å². The van der Waals surface area contributed by atoms with Crippen LogP contribution in [-0.4, -0.2) is 50.3 Å². The zero-order valence-corrected chi connectivity index (χ0v) is 13.1. The van der Waals surface area contributed by atoms with Crippen molar-refractivity contribution in [3.05, 3.63) is 35.1 Å². The quantitative estimate of drug-likeness (QED) is 0.826. The van der Waals surface area contributed by atoms with Crippen molar-refractivity contribution in [2.24, 2.45) is 0 Å². The monoisotopic (exact) mass is 320 g/mol. The fraction of sp³-hybridized carbons (Fsp3) is 0.500. The first-order valence-corrected chi connectivity index (χ1v) is 7.56. The summed E-state index contributed by atoms with van der Waals surface area (Å²) in [6, 6.07) is 5.79. The van der Waals surface area contributed by atoms with E-state index in [2.05, 4.69) is 15.5 Å². The van der Waals surface area contributed by atoms with Crippen LogP contribution in [0.2, 0.25) is 0 Å². The highest BCUT2D eigenvalue weighted by Crippen LogP contribution is 2.10. The van der Waals surface area contributed by atoms with Gasteiger partial charge in [0, 0.05) is 44.9 Å². The number of carbonyl (C=O) groups is 1. The molecule has 0 saturated carbocycles. The molecule has 0 aliphatic carbocycles. The summed E-state index contributed by atoms with van der Waals surface area (Å²) in [6.45, 7) is 3.28. The Kier molecular flexibility index (Phi) is 6.32. The van der Waals surface area contributed by atoms with E-state index in [4.69, 9.17) is 10.00 Å². The van der Waals surface area contributed by atoms with Crippen molar-refractivity contribution in [1.29, 1.82) is 5.26 Å². The predicted octanol–water partition coefficient (Wildman–Crippen LogP) is 1.22. The number of methoxy groups -OCH3 is 1. The van der Waals surface area contributed by atoms with Gasteiger partial charge in [0.1, 0.15) is 5.82 Å². The molecular formula is C16H21FN4O2. The van der Waals surface area contributed by atoms with Crippen LogP contribution >= 0.6 is 0 Å². The summed E-state index contributed by atoms with van der Waals surface area (Å²) in [4.78, 5) is 14.1. The smallest absolute Gasteiger partial charge is 0.315 e. The number of rotatable bonds is 6. The number of hydrogen-bond acceptors (Lipinski definition) is 4. The fourth-order valence-corrected chi connectivity index (χ4v) is 2.57. The lowest BCUT2D eigenvalue weighted by Gasteiger charge is -2.16. The molecule has 1 aromatic rings. The molecule has 1 heterocycles. The molecule has 2 amide bonds. The summed E-state index contributed by atoms with van der Waals surface area (Å²) in [6.07, 6.45) is 0.884. The molecule has 0 radical (unpaired) electrons. The Labute approximate surface area is 135 Å². The maximum absolute atomic E-state index is 13.6. The first-order valence-electron chi connectivity index (χ1n) is 7.56. The molecule has 1 saturated heterocycles. The van der Waals surface area contributed by atoms with Crippen LogP contribution in [-0.2, 0) is 11.3 Å². The Balaban J connectivity index is 1.77. The van der Waals surface area contributed by atoms with Crippen LogP contribution in [0.3, 0.4) is 0 Å². The summed E-state index contributed by atoms with van der Waals surface area (Å²) in [5.41, 5.74) is 0.667. The second-order valence-corrected chi connectivity index (χ2v) is 5.52. The summed E-state index contributed by atoms with van der Waals surface area (Å²) >= 11 is 0. The molecule has 2 rings (SSSR count). The van der Waals surface area contributed by atoms with Crippen LogP contribution in [0.1, 0.15) is 17.5 Å². The lowest BCUT2D eigenvalue weighted by molar-refractivity contribution is 0.159. The summed E-state index contributed by atoms with van der Waals surface area (Å²) in [5, 5.41) is 14.3. The van der Waals surface area contributed by atoms with Gasteiger partial charge in [-0.2, -0.15) is 5.26 Å². The molecule has 1 aliphatic heterocycles. The molecule has 7 heteroatoms. The van der Waals surface area contributed by atoms with E-state index in [1.165, 1.54) is 18.2 Å². The topological polar surface area (TPSA) is 77.4 Å². The standard InChI is InChI=1S/C16H21FN4O2/c1-23-7-6-21-5-4-14(11-21)20-16(22)19-10-13-8-12(9-18)2-3-15(13)17/h2-3,8,14H,4-7,10-11H2,1H3,(H2,19,20,22). The first-order chi connectivity index (χ1) is 11.1. The molecule has 0 spiro atoms. The van der Waals surface area contributed by atoms with Gasteiger partial charge >= 0.3 is 6.03 Å². The number of urea groups is 1. The van der Waals surface area contributed by atoms with Gasteiger partial charge in [0.15, 0.2) is 0 Å². The number of halogens is 1.